The fourth-order valence-corrected chi connectivity index (χ4v) is 2.97. The van der Waals surface area contributed by atoms with Gasteiger partial charge in [0.25, 0.3) is 0 Å². The van der Waals surface area contributed by atoms with Crippen LogP contribution in [-0.4, -0.2) is 12.6 Å². The summed E-state index contributed by atoms with van der Waals surface area (Å²) in [5.41, 5.74) is 0.493. The van der Waals surface area contributed by atoms with Crippen LogP contribution in [-0.2, 0) is 9.53 Å². The van der Waals surface area contributed by atoms with E-state index in [9.17, 15) is 4.79 Å². The molecule has 1 aliphatic rings. The minimum atomic E-state index is -0.252. The predicted molar refractivity (Wildman–Crippen MR) is 79.9 cm³/mol. The number of hydrogen-bond donors (Lipinski definition) is 0. The molecule has 2 heteroatoms. The van der Waals surface area contributed by atoms with Crippen molar-refractivity contribution in [1.82, 2.24) is 0 Å². The van der Waals surface area contributed by atoms with E-state index in [4.69, 9.17) is 4.74 Å². The number of unbranched alkanes of at least 4 members (excludes halogenated alkanes) is 1. The summed E-state index contributed by atoms with van der Waals surface area (Å²) in [5, 5.41) is 0. The lowest BCUT2D eigenvalue weighted by Gasteiger charge is -2.30. The van der Waals surface area contributed by atoms with Gasteiger partial charge in [0, 0.05) is 5.57 Å². The fourth-order valence-electron chi connectivity index (χ4n) is 2.97. The van der Waals surface area contributed by atoms with Crippen LogP contribution in [0.5, 0.6) is 0 Å². The van der Waals surface area contributed by atoms with Gasteiger partial charge >= 0.3 is 5.97 Å². The Labute approximate surface area is 118 Å². The van der Waals surface area contributed by atoms with Gasteiger partial charge in [-0.2, -0.15) is 0 Å². The van der Waals surface area contributed by atoms with E-state index in [1.807, 2.05) is 0 Å². The summed E-state index contributed by atoms with van der Waals surface area (Å²) in [4.78, 5) is 11.2. The first kappa shape index (κ1) is 16.3. The summed E-state index contributed by atoms with van der Waals surface area (Å²) in [6.07, 6.45) is 9.09. The van der Waals surface area contributed by atoms with Gasteiger partial charge in [0.2, 0.25) is 0 Å². The number of carbonyl (C=O) groups excluding carboxylic acids is 1. The minimum absolute atomic E-state index is 0.252. The molecule has 110 valence electrons. The Kier molecular flexibility index (Phi) is 7.19. The van der Waals surface area contributed by atoms with Crippen molar-refractivity contribution < 1.29 is 9.53 Å². The van der Waals surface area contributed by atoms with Crippen molar-refractivity contribution >= 4 is 5.97 Å². The second-order valence-electron chi connectivity index (χ2n) is 6.44. The first-order chi connectivity index (χ1) is 9.00. The van der Waals surface area contributed by atoms with Crippen LogP contribution in [0.4, 0.5) is 0 Å². The van der Waals surface area contributed by atoms with Crippen LogP contribution in [0.25, 0.3) is 0 Å². The third kappa shape index (κ3) is 6.26. The lowest BCUT2D eigenvalue weighted by Crippen LogP contribution is -2.18. The van der Waals surface area contributed by atoms with Crippen molar-refractivity contribution in [2.45, 2.75) is 65.7 Å². The molecule has 1 saturated carbocycles. The average Bonchev–Trinajstić information content (AvgIpc) is 2.38. The number of esters is 1. The quantitative estimate of drug-likeness (QED) is 0.378. The molecule has 0 unspecified atom stereocenters. The van der Waals surface area contributed by atoms with Gasteiger partial charge in [-0.1, -0.05) is 39.7 Å². The smallest absolute Gasteiger partial charge is 0.333 e. The number of carbonyl (C=O) groups is 1. The van der Waals surface area contributed by atoms with Gasteiger partial charge < -0.3 is 4.74 Å². The topological polar surface area (TPSA) is 26.3 Å². The predicted octanol–water partition coefficient (Wildman–Crippen LogP) is 4.74. The number of rotatable bonds is 7. The van der Waals surface area contributed by atoms with Gasteiger partial charge in [-0.15, -0.1) is 0 Å². The largest absolute Gasteiger partial charge is 0.462 e. The van der Waals surface area contributed by atoms with Crippen LogP contribution in [0.3, 0.4) is 0 Å². The molecule has 0 aromatic rings. The van der Waals surface area contributed by atoms with Gasteiger partial charge in [-0.3, -0.25) is 0 Å². The lowest BCUT2D eigenvalue weighted by atomic mass is 9.75. The molecule has 2 nitrogen and oxygen atoms in total. The molecule has 0 heterocycles. The highest BCUT2D eigenvalue weighted by Gasteiger charge is 2.22. The van der Waals surface area contributed by atoms with E-state index >= 15 is 0 Å². The molecule has 0 aromatic carbocycles. The van der Waals surface area contributed by atoms with E-state index < -0.39 is 0 Å². The van der Waals surface area contributed by atoms with Crippen LogP contribution in [0.1, 0.15) is 65.7 Å². The Morgan fingerprint density at radius 1 is 1.21 bits per heavy atom. The molecule has 0 aromatic heterocycles. The maximum Gasteiger partial charge on any atom is 0.333 e. The van der Waals surface area contributed by atoms with Gasteiger partial charge in [-0.25, -0.2) is 4.79 Å². The summed E-state index contributed by atoms with van der Waals surface area (Å²) in [6.45, 7) is 10.5. The van der Waals surface area contributed by atoms with Crippen LogP contribution in [0, 0.1) is 17.8 Å². The van der Waals surface area contributed by atoms with Gasteiger partial charge in [0.15, 0.2) is 0 Å². The summed E-state index contributed by atoms with van der Waals surface area (Å²) in [6, 6.07) is 0. The zero-order valence-electron chi connectivity index (χ0n) is 12.9. The zero-order valence-corrected chi connectivity index (χ0v) is 12.9. The lowest BCUT2D eigenvalue weighted by molar-refractivity contribution is -0.139. The van der Waals surface area contributed by atoms with Crippen molar-refractivity contribution in [2.75, 3.05) is 6.61 Å². The SMILES string of the molecule is C=C(C)C(=O)OCCCCC1CCC(C(C)C)CC1. The molecule has 1 aliphatic carbocycles. The summed E-state index contributed by atoms with van der Waals surface area (Å²) >= 11 is 0. The highest BCUT2D eigenvalue weighted by atomic mass is 16.5. The van der Waals surface area contributed by atoms with E-state index in [2.05, 4.69) is 20.4 Å². The highest BCUT2D eigenvalue weighted by Crippen LogP contribution is 2.35. The van der Waals surface area contributed by atoms with Gasteiger partial charge in [0.1, 0.15) is 0 Å². The van der Waals surface area contributed by atoms with Crippen molar-refractivity contribution in [2.24, 2.45) is 17.8 Å². The second-order valence-corrected chi connectivity index (χ2v) is 6.44. The van der Waals surface area contributed by atoms with Gasteiger partial charge in [-0.05, 0) is 50.4 Å². The standard InChI is InChI=1S/C17H30O2/c1-13(2)16-10-8-15(9-11-16)7-5-6-12-19-17(18)14(3)4/h13,15-16H,3,5-12H2,1-2,4H3. The molecular formula is C17H30O2. The molecular weight excluding hydrogens is 236 g/mol. The van der Waals surface area contributed by atoms with Crippen LogP contribution < -0.4 is 0 Å². The Morgan fingerprint density at radius 2 is 1.84 bits per heavy atom. The molecule has 0 radical (unpaired) electrons. The molecule has 1 fully saturated rings. The Hall–Kier alpha value is -0.790. The van der Waals surface area contributed by atoms with Gasteiger partial charge in [0.05, 0.1) is 6.61 Å². The third-order valence-electron chi connectivity index (χ3n) is 4.42. The maximum absolute atomic E-state index is 11.2. The van der Waals surface area contributed by atoms with E-state index in [-0.39, 0.29) is 5.97 Å². The van der Waals surface area contributed by atoms with Crippen molar-refractivity contribution in [3.05, 3.63) is 12.2 Å². The first-order valence-corrected chi connectivity index (χ1v) is 7.83. The molecule has 0 N–H and O–H groups in total. The molecule has 19 heavy (non-hydrogen) atoms. The second kappa shape index (κ2) is 8.39. The normalized spacial score (nSPS) is 23.4. The molecule has 0 saturated heterocycles. The highest BCUT2D eigenvalue weighted by molar-refractivity contribution is 5.86. The van der Waals surface area contributed by atoms with E-state index in [1.165, 1.54) is 38.5 Å². The molecule has 0 amide bonds. The van der Waals surface area contributed by atoms with E-state index in [0.717, 1.165) is 24.2 Å². The molecule has 0 atom stereocenters. The zero-order chi connectivity index (χ0) is 14.3. The summed E-state index contributed by atoms with van der Waals surface area (Å²) < 4.78 is 5.10. The fraction of sp³-hybridized carbons (Fsp3) is 0.824. The van der Waals surface area contributed by atoms with Crippen LogP contribution in [0.15, 0.2) is 12.2 Å². The monoisotopic (exact) mass is 266 g/mol. The number of hydrogen-bond acceptors (Lipinski definition) is 2. The first-order valence-electron chi connectivity index (χ1n) is 7.83. The Bertz CT molecular complexity index is 286. The summed E-state index contributed by atoms with van der Waals surface area (Å²) in [5.74, 6) is 2.46. The Morgan fingerprint density at radius 3 is 2.37 bits per heavy atom. The summed E-state index contributed by atoms with van der Waals surface area (Å²) in [7, 11) is 0. The number of ether oxygens (including phenoxy) is 1. The Balaban J connectivity index is 2.02. The van der Waals surface area contributed by atoms with Crippen molar-refractivity contribution in [1.29, 1.82) is 0 Å². The molecule has 0 bridgehead atoms. The molecule has 1 rings (SSSR count). The molecule has 0 aliphatic heterocycles. The van der Waals surface area contributed by atoms with Crippen LogP contribution >= 0.6 is 0 Å². The third-order valence-corrected chi connectivity index (χ3v) is 4.42. The van der Waals surface area contributed by atoms with Crippen molar-refractivity contribution in [3.8, 4) is 0 Å². The van der Waals surface area contributed by atoms with Crippen LogP contribution in [0.2, 0.25) is 0 Å². The van der Waals surface area contributed by atoms with E-state index in [1.54, 1.807) is 6.92 Å². The van der Waals surface area contributed by atoms with E-state index in [0.29, 0.717) is 12.2 Å². The molecule has 0 spiro atoms. The maximum atomic E-state index is 11.2. The minimum Gasteiger partial charge on any atom is -0.462 e. The van der Waals surface area contributed by atoms with Crippen molar-refractivity contribution in [3.63, 3.8) is 0 Å². The average molecular weight is 266 g/mol.